The number of amides is 2. The van der Waals surface area contributed by atoms with Crippen molar-refractivity contribution in [2.24, 2.45) is 11.7 Å². The maximum absolute atomic E-state index is 12.6. The van der Waals surface area contributed by atoms with Crippen LogP contribution in [0.25, 0.3) is 11.3 Å². The SMILES string of the molecule is C[C@@H]1CC[C@@H](C(N)=O)CN1C(=O)CCc1ccc(-c2ccccc2)o1. The molecule has 1 aromatic carbocycles. The number of rotatable bonds is 5. The molecule has 2 N–H and O–H groups in total. The standard InChI is InChI=1S/C20H24N2O3/c1-14-7-8-16(20(21)24)13-22(14)19(23)12-10-17-9-11-18(25-17)15-5-3-2-4-6-15/h2-6,9,11,14,16H,7-8,10,12-13H2,1H3,(H2,21,24)/t14-,16-/m1/s1. The summed E-state index contributed by atoms with van der Waals surface area (Å²) in [7, 11) is 0. The third-order valence-corrected chi connectivity index (χ3v) is 4.91. The van der Waals surface area contributed by atoms with Crippen LogP contribution in [0.15, 0.2) is 46.9 Å². The van der Waals surface area contributed by atoms with Gasteiger partial charge in [0.1, 0.15) is 11.5 Å². The van der Waals surface area contributed by atoms with Gasteiger partial charge in [-0.3, -0.25) is 9.59 Å². The number of primary amides is 1. The van der Waals surface area contributed by atoms with Gasteiger partial charge in [-0.2, -0.15) is 0 Å². The molecule has 5 nitrogen and oxygen atoms in total. The van der Waals surface area contributed by atoms with Crippen molar-refractivity contribution in [1.82, 2.24) is 4.90 Å². The number of likely N-dealkylation sites (tertiary alicyclic amines) is 1. The number of hydrogen-bond acceptors (Lipinski definition) is 3. The molecule has 0 bridgehead atoms. The quantitative estimate of drug-likeness (QED) is 0.909. The van der Waals surface area contributed by atoms with Gasteiger partial charge in [-0.25, -0.2) is 0 Å². The number of carbonyl (C=O) groups is 2. The Hall–Kier alpha value is -2.56. The third kappa shape index (κ3) is 4.10. The van der Waals surface area contributed by atoms with Crippen molar-refractivity contribution in [3.63, 3.8) is 0 Å². The Kier molecular flexibility index (Phi) is 5.22. The summed E-state index contributed by atoms with van der Waals surface area (Å²) >= 11 is 0. The minimum Gasteiger partial charge on any atom is -0.461 e. The number of nitrogens with zero attached hydrogens (tertiary/aromatic N) is 1. The summed E-state index contributed by atoms with van der Waals surface area (Å²) in [5.74, 6) is 1.11. The molecule has 0 unspecified atom stereocenters. The molecule has 3 rings (SSSR count). The van der Waals surface area contributed by atoms with Gasteiger partial charge in [-0.05, 0) is 31.9 Å². The van der Waals surface area contributed by atoms with E-state index in [0.29, 0.717) is 19.4 Å². The molecule has 0 aliphatic carbocycles. The van der Waals surface area contributed by atoms with Crippen LogP contribution >= 0.6 is 0 Å². The first-order valence-electron chi connectivity index (χ1n) is 8.77. The van der Waals surface area contributed by atoms with E-state index in [1.165, 1.54) is 0 Å². The molecule has 1 aliphatic heterocycles. The summed E-state index contributed by atoms with van der Waals surface area (Å²) < 4.78 is 5.85. The Balaban J connectivity index is 1.59. The first-order valence-corrected chi connectivity index (χ1v) is 8.77. The van der Waals surface area contributed by atoms with Gasteiger partial charge in [0.15, 0.2) is 0 Å². The van der Waals surface area contributed by atoms with Crippen LogP contribution in [-0.4, -0.2) is 29.3 Å². The van der Waals surface area contributed by atoms with E-state index in [1.54, 1.807) is 4.90 Å². The highest BCUT2D eigenvalue weighted by Crippen LogP contribution is 2.25. The van der Waals surface area contributed by atoms with Crippen molar-refractivity contribution in [2.45, 2.75) is 38.6 Å². The molecule has 1 aromatic heterocycles. The fourth-order valence-corrected chi connectivity index (χ4v) is 3.33. The highest BCUT2D eigenvalue weighted by Gasteiger charge is 2.31. The summed E-state index contributed by atoms with van der Waals surface area (Å²) in [6, 6.07) is 13.9. The Labute approximate surface area is 147 Å². The van der Waals surface area contributed by atoms with E-state index in [0.717, 1.165) is 29.9 Å². The Morgan fingerprint density at radius 1 is 1.16 bits per heavy atom. The zero-order valence-corrected chi connectivity index (χ0v) is 14.5. The third-order valence-electron chi connectivity index (χ3n) is 4.91. The van der Waals surface area contributed by atoms with Crippen LogP contribution in [0.1, 0.15) is 31.9 Å². The van der Waals surface area contributed by atoms with Crippen molar-refractivity contribution < 1.29 is 14.0 Å². The topological polar surface area (TPSA) is 76.5 Å². The summed E-state index contributed by atoms with van der Waals surface area (Å²) in [6.45, 7) is 2.46. The first kappa shape index (κ1) is 17.3. The lowest BCUT2D eigenvalue weighted by atomic mass is 9.92. The maximum Gasteiger partial charge on any atom is 0.223 e. The molecular formula is C20H24N2O3. The van der Waals surface area contributed by atoms with Crippen LogP contribution in [0.3, 0.4) is 0 Å². The fraction of sp³-hybridized carbons (Fsp3) is 0.400. The average molecular weight is 340 g/mol. The van der Waals surface area contributed by atoms with Crippen LogP contribution in [0.4, 0.5) is 0 Å². The molecule has 5 heteroatoms. The lowest BCUT2D eigenvalue weighted by molar-refractivity contribution is -0.137. The summed E-state index contributed by atoms with van der Waals surface area (Å²) in [6.07, 6.45) is 2.50. The molecule has 0 radical (unpaired) electrons. The number of hydrogen-bond donors (Lipinski definition) is 1. The average Bonchev–Trinajstić information content (AvgIpc) is 3.09. The molecule has 0 spiro atoms. The molecule has 25 heavy (non-hydrogen) atoms. The molecule has 2 amide bonds. The van der Waals surface area contributed by atoms with E-state index in [4.69, 9.17) is 10.2 Å². The summed E-state index contributed by atoms with van der Waals surface area (Å²) in [5, 5.41) is 0. The van der Waals surface area contributed by atoms with Gasteiger partial charge >= 0.3 is 0 Å². The van der Waals surface area contributed by atoms with Gasteiger partial charge in [0.05, 0.1) is 5.92 Å². The highest BCUT2D eigenvalue weighted by atomic mass is 16.3. The lowest BCUT2D eigenvalue weighted by Gasteiger charge is -2.37. The smallest absolute Gasteiger partial charge is 0.223 e. The Morgan fingerprint density at radius 2 is 1.92 bits per heavy atom. The van der Waals surface area contributed by atoms with E-state index < -0.39 is 0 Å². The maximum atomic E-state index is 12.6. The minimum atomic E-state index is -0.316. The second-order valence-electron chi connectivity index (χ2n) is 6.70. The van der Waals surface area contributed by atoms with E-state index in [-0.39, 0.29) is 23.8 Å². The van der Waals surface area contributed by atoms with E-state index in [2.05, 4.69) is 0 Å². The van der Waals surface area contributed by atoms with E-state index in [9.17, 15) is 9.59 Å². The molecule has 132 valence electrons. The van der Waals surface area contributed by atoms with Crippen molar-refractivity contribution in [1.29, 1.82) is 0 Å². The van der Waals surface area contributed by atoms with Crippen LogP contribution in [0.5, 0.6) is 0 Å². The van der Waals surface area contributed by atoms with Crippen LogP contribution in [-0.2, 0) is 16.0 Å². The van der Waals surface area contributed by atoms with E-state index >= 15 is 0 Å². The second-order valence-corrected chi connectivity index (χ2v) is 6.70. The largest absolute Gasteiger partial charge is 0.461 e. The summed E-state index contributed by atoms with van der Waals surface area (Å²) in [4.78, 5) is 25.8. The zero-order valence-electron chi connectivity index (χ0n) is 14.5. The van der Waals surface area contributed by atoms with Crippen molar-refractivity contribution in [3.05, 3.63) is 48.2 Å². The minimum absolute atomic E-state index is 0.0520. The molecule has 2 atom stereocenters. The van der Waals surface area contributed by atoms with Crippen molar-refractivity contribution in [3.8, 4) is 11.3 Å². The second kappa shape index (κ2) is 7.55. The molecular weight excluding hydrogens is 316 g/mol. The first-order chi connectivity index (χ1) is 12.0. The van der Waals surface area contributed by atoms with Gasteiger partial charge in [-0.15, -0.1) is 0 Å². The van der Waals surface area contributed by atoms with Gasteiger partial charge in [-0.1, -0.05) is 30.3 Å². The normalized spacial score (nSPS) is 20.4. The molecule has 2 aromatic rings. The highest BCUT2D eigenvalue weighted by molar-refractivity contribution is 5.80. The zero-order chi connectivity index (χ0) is 17.8. The number of nitrogens with two attached hydrogens (primary N) is 1. The van der Waals surface area contributed by atoms with Crippen molar-refractivity contribution >= 4 is 11.8 Å². The molecule has 0 saturated carbocycles. The predicted molar refractivity (Wildman–Crippen MR) is 95.6 cm³/mol. The van der Waals surface area contributed by atoms with Gasteiger partial charge in [0, 0.05) is 31.0 Å². The van der Waals surface area contributed by atoms with Crippen molar-refractivity contribution in [2.75, 3.05) is 6.54 Å². The number of aryl methyl sites for hydroxylation is 1. The Morgan fingerprint density at radius 3 is 2.64 bits per heavy atom. The number of carbonyl (C=O) groups excluding carboxylic acids is 2. The molecule has 2 heterocycles. The van der Waals surface area contributed by atoms with Crippen LogP contribution in [0.2, 0.25) is 0 Å². The lowest BCUT2D eigenvalue weighted by Crippen LogP contribution is -2.48. The van der Waals surface area contributed by atoms with Crippen LogP contribution in [0, 0.1) is 5.92 Å². The van der Waals surface area contributed by atoms with Gasteiger partial charge in [0.25, 0.3) is 0 Å². The predicted octanol–water partition coefficient (Wildman–Crippen LogP) is 2.99. The summed E-state index contributed by atoms with van der Waals surface area (Å²) in [5.41, 5.74) is 6.43. The fourth-order valence-electron chi connectivity index (χ4n) is 3.33. The number of furan rings is 1. The van der Waals surface area contributed by atoms with Gasteiger partial charge in [0.2, 0.25) is 11.8 Å². The number of benzene rings is 1. The Bertz CT molecular complexity index is 738. The molecule has 1 aliphatic rings. The van der Waals surface area contributed by atoms with E-state index in [1.807, 2.05) is 49.4 Å². The molecule has 1 saturated heterocycles. The van der Waals surface area contributed by atoms with Crippen LogP contribution < -0.4 is 5.73 Å². The number of piperidine rings is 1. The van der Waals surface area contributed by atoms with Gasteiger partial charge < -0.3 is 15.1 Å². The monoisotopic (exact) mass is 340 g/mol. The molecule has 1 fully saturated rings.